The van der Waals surface area contributed by atoms with Crippen LogP contribution in [0.1, 0.15) is 49.8 Å². The standard InChI is InChI=1S/C15H22N4O2/c1-11-12(10-16)14(19(3)17-11)18(2)15(9-13(20)21)7-5-4-6-8-15/h4-9H2,1-3H3,(H,20,21). The van der Waals surface area contributed by atoms with Crippen LogP contribution in [0.4, 0.5) is 5.82 Å². The van der Waals surface area contributed by atoms with Gasteiger partial charge in [-0.3, -0.25) is 9.48 Å². The van der Waals surface area contributed by atoms with Crippen molar-refractivity contribution in [1.29, 1.82) is 5.26 Å². The molecule has 6 heteroatoms. The van der Waals surface area contributed by atoms with E-state index in [9.17, 15) is 15.2 Å². The first-order valence-electron chi connectivity index (χ1n) is 7.30. The molecule has 1 aromatic heterocycles. The van der Waals surface area contributed by atoms with Crippen LogP contribution in [0.15, 0.2) is 0 Å². The number of nitrogens with zero attached hydrogens (tertiary/aromatic N) is 4. The fourth-order valence-corrected chi connectivity index (χ4v) is 3.51. The van der Waals surface area contributed by atoms with Gasteiger partial charge in [0.15, 0.2) is 0 Å². The first kappa shape index (κ1) is 15.4. The number of carboxylic acid groups (broad SMARTS) is 1. The highest BCUT2D eigenvalue weighted by Gasteiger charge is 2.40. The van der Waals surface area contributed by atoms with Crippen LogP contribution in [0.2, 0.25) is 0 Å². The van der Waals surface area contributed by atoms with Crippen molar-refractivity contribution in [3.05, 3.63) is 11.3 Å². The topological polar surface area (TPSA) is 82.2 Å². The largest absolute Gasteiger partial charge is 0.481 e. The summed E-state index contributed by atoms with van der Waals surface area (Å²) in [4.78, 5) is 13.3. The van der Waals surface area contributed by atoms with Crippen molar-refractivity contribution in [2.75, 3.05) is 11.9 Å². The van der Waals surface area contributed by atoms with Gasteiger partial charge in [0.2, 0.25) is 0 Å². The molecule has 0 atom stereocenters. The van der Waals surface area contributed by atoms with Crippen LogP contribution in [0.5, 0.6) is 0 Å². The number of carbonyl (C=O) groups is 1. The number of carboxylic acids is 1. The highest BCUT2D eigenvalue weighted by atomic mass is 16.4. The monoisotopic (exact) mass is 290 g/mol. The number of aliphatic carboxylic acids is 1. The van der Waals surface area contributed by atoms with Crippen LogP contribution >= 0.6 is 0 Å². The van der Waals surface area contributed by atoms with E-state index in [1.54, 1.807) is 18.7 Å². The lowest BCUT2D eigenvalue weighted by Gasteiger charge is -2.45. The first-order chi connectivity index (χ1) is 9.91. The van der Waals surface area contributed by atoms with Crippen LogP contribution < -0.4 is 4.90 Å². The van der Waals surface area contributed by atoms with E-state index in [0.717, 1.165) is 37.9 Å². The van der Waals surface area contributed by atoms with Crippen LogP contribution in [0.25, 0.3) is 0 Å². The van der Waals surface area contributed by atoms with Crippen molar-refractivity contribution < 1.29 is 9.90 Å². The smallest absolute Gasteiger partial charge is 0.305 e. The van der Waals surface area contributed by atoms with E-state index in [4.69, 9.17) is 0 Å². The molecule has 1 aromatic rings. The summed E-state index contributed by atoms with van der Waals surface area (Å²) in [7, 11) is 3.70. The summed E-state index contributed by atoms with van der Waals surface area (Å²) in [5.74, 6) is -0.0701. The molecule has 1 fully saturated rings. The van der Waals surface area contributed by atoms with Gasteiger partial charge in [0.05, 0.1) is 17.7 Å². The first-order valence-corrected chi connectivity index (χ1v) is 7.30. The highest BCUT2D eigenvalue weighted by Crippen LogP contribution is 2.39. The van der Waals surface area contributed by atoms with Crippen LogP contribution in [-0.2, 0) is 11.8 Å². The maximum absolute atomic E-state index is 11.3. The van der Waals surface area contributed by atoms with Gasteiger partial charge in [-0.2, -0.15) is 10.4 Å². The van der Waals surface area contributed by atoms with Gasteiger partial charge in [-0.15, -0.1) is 0 Å². The zero-order valence-electron chi connectivity index (χ0n) is 12.9. The summed E-state index contributed by atoms with van der Waals surface area (Å²) in [6, 6.07) is 2.20. The Hall–Kier alpha value is -2.03. The van der Waals surface area contributed by atoms with E-state index < -0.39 is 11.5 Å². The number of anilines is 1. The number of aromatic nitrogens is 2. The highest BCUT2D eigenvalue weighted by molar-refractivity contribution is 5.70. The maximum atomic E-state index is 11.3. The summed E-state index contributed by atoms with van der Waals surface area (Å²) < 4.78 is 1.69. The van der Waals surface area contributed by atoms with Gasteiger partial charge in [-0.1, -0.05) is 19.3 Å². The maximum Gasteiger partial charge on any atom is 0.305 e. The third-order valence-electron chi connectivity index (χ3n) is 4.60. The van der Waals surface area contributed by atoms with Gasteiger partial charge in [0, 0.05) is 14.1 Å². The molecule has 1 N–H and O–H groups in total. The lowest BCUT2D eigenvalue weighted by Crippen LogP contribution is -2.50. The van der Waals surface area contributed by atoms with Gasteiger partial charge in [0.25, 0.3) is 0 Å². The quantitative estimate of drug-likeness (QED) is 0.919. The Balaban J connectivity index is 2.46. The second-order valence-corrected chi connectivity index (χ2v) is 5.93. The van der Waals surface area contributed by atoms with Crippen molar-refractivity contribution in [2.24, 2.45) is 7.05 Å². The third kappa shape index (κ3) is 2.73. The minimum absolute atomic E-state index is 0.0958. The number of hydrogen-bond donors (Lipinski definition) is 1. The molecule has 0 radical (unpaired) electrons. The summed E-state index contributed by atoms with van der Waals surface area (Å²) in [6.45, 7) is 1.81. The number of nitriles is 1. The van der Waals surface area contributed by atoms with Crippen LogP contribution in [0, 0.1) is 18.3 Å². The molecule has 2 rings (SSSR count). The van der Waals surface area contributed by atoms with Crippen molar-refractivity contribution in [3.8, 4) is 6.07 Å². The molecular weight excluding hydrogens is 268 g/mol. The third-order valence-corrected chi connectivity index (χ3v) is 4.60. The number of hydrogen-bond acceptors (Lipinski definition) is 4. The van der Waals surface area contributed by atoms with E-state index in [1.807, 2.05) is 11.9 Å². The summed E-state index contributed by atoms with van der Waals surface area (Å²) in [5, 5.41) is 23.0. The molecule has 0 amide bonds. The van der Waals surface area contributed by atoms with Crippen molar-refractivity contribution in [1.82, 2.24) is 9.78 Å². The molecule has 0 saturated heterocycles. The van der Waals surface area contributed by atoms with Crippen LogP contribution in [0.3, 0.4) is 0 Å². The molecule has 0 unspecified atom stereocenters. The van der Waals surface area contributed by atoms with Gasteiger partial charge < -0.3 is 10.0 Å². The van der Waals surface area contributed by atoms with E-state index in [1.165, 1.54) is 0 Å². The van der Waals surface area contributed by atoms with Gasteiger partial charge in [-0.05, 0) is 19.8 Å². The molecule has 1 aliphatic carbocycles. The molecule has 0 spiro atoms. The molecule has 0 aromatic carbocycles. The Kier molecular flexibility index (Phi) is 4.21. The minimum atomic E-state index is -0.791. The van der Waals surface area contributed by atoms with Gasteiger partial charge in [0.1, 0.15) is 17.5 Å². The Morgan fingerprint density at radius 3 is 2.62 bits per heavy atom. The molecule has 0 aliphatic heterocycles. The van der Waals surface area contributed by atoms with Crippen molar-refractivity contribution in [2.45, 2.75) is 51.0 Å². The van der Waals surface area contributed by atoms with E-state index in [2.05, 4.69) is 11.2 Å². The van der Waals surface area contributed by atoms with E-state index >= 15 is 0 Å². The van der Waals surface area contributed by atoms with Crippen molar-refractivity contribution in [3.63, 3.8) is 0 Å². The SMILES string of the molecule is Cc1nn(C)c(N(C)C2(CC(=O)O)CCCCC2)c1C#N. The Morgan fingerprint density at radius 1 is 1.48 bits per heavy atom. The van der Waals surface area contributed by atoms with E-state index in [0.29, 0.717) is 11.3 Å². The Morgan fingerprint density at radius 2 is 2.10 bits per heavy atom. The lowest BCUT2D eigenvalue weighted by molar-refractivity contribution is -0.138. The van der Waals surface area contributed by atoms with E-state index in [-0.39, 0.29) is 6.42 Å². The molecule has 0 bridgehead atoms. The predicted molar refractivity (Wildman–Crippen MR) is 79.1 cm³/mol. The van der Waals surface area contributed by atoms with Crippen LogP contribution in [-0.4, -0.2) is 33.4 Å². The van der Waals surface area contributed by atoms with Gasteiger partial charge in [-0.25, -0.2) is 0 Å². The average molecular weight is 290 g/mol. The lowest BCUT2D eigenvalue weighted by atomic mass is 9.78. The molecule has 21 heavy (non-hydrogen) atoms. The van der Waals surface area contributed by atoms with Gasteiger partial charge >= 0.3 is 5.97 Å². The fourth-order valence-electron chi connectivity index (χ4n) is 3.51. The summed E-state index contributed by atoms with van der Waals surface area (Å²) in [6.07, 6.45) is 4.96. The molecule has 1 aliphatic rings. The zero-order valence-corrected chi connectivity index (χ0v) is 12.9. The average Bonchev–Trinajstić information content (AvgIpc) is 2.72. The summed E-state index contributed by atoms with van der Waals surface area (Å²) in [5.41, 5.74) is 0.800. The second-order valence-electron chi connectivity index (χ2n) is 5.93. The molecule has 6 nitrogen and oxygen atoms in total. The Bertz CT molecular complexity index is 579. The second kappa shape index (κ2) is 5.76. The molecular formula is C15H22N4O2. The number of rotatable bonds is 4. The molecule has 1 heterocycles. The molecule has 1 saturated carbocycles. The summed E-state index contributed by atoms with van der Waals surface area (Å²) >= 11 is 0. The number of aryl methyl sites for hydroxylation is 2. The Labute approximate surface area is 125 Å². The fraction of sp³-hybridized carbons (Fsp3) is 0.667. The zero-order chi connectivity index (χ0) is 15.6. The van der Waals surface area contributed by atoms with Crippen molar-refractivity contribution >= 4 is 11.8 Å². The normalized spacial score (nSPS) is 17.2. The predicted octanol–water partition coefficient (Wildman–Crippen LogP) is 2.21. The molecule has 114 valence electrons. The minimum Gasteiger partial charge on any atom is -0.481 e.